The molecule has 1 aliphatic rings. The van der Waals surface area contributed by atoms with Gasteiger partial charge in [-0.25, -0.2) is 0 Å². The van der Waals surface area contributed by atoms with Crippen molar-refractivity contribution < 1.29 is 19.1 Å². The number of rotatable bonds is 10. The molecule has 0 N–H and O–H groups in total. The van der Waals surface area contributed by atoms with Gasteiger partial charge in [0.2, 0.25) is 6.04 Å². The fourth-order valence-corrected chi connectivity index (χ4v) is 6.65. The van der Waals surface area contributed by atoms with Crippen molar-refractivity contribution in [1.82, 2.24) is 0 Å². The molecule has 222 valence electrons. The number of nitro groups is 1. The molecule has 6 heteroatoms. The van der Waals surface area contributed by atoms with Crippen LogP contribution in [0.2, 0.25) is 0 Å². The number of hydrogen-bond acceptors (Lipinski definition) is 5. The number of benzene rings is 5. The Bertz CT molecular complexity index is 1630. The van der Waals surface area contributed by atoms with Crippen molar-refractivity contribution in [1.29, 1.82) is 0 Å². The Balaban J connectivity index is 1.49. The third-order valence-corrected chi connectivity index (χ3v) is 8.72. The molecule has 5 aromatic carbocycles. The number of aryl methyl sites for hydroxylation is 1. The van der Waals surface area contributed by atoms with Crippen molar-refractivity contribution in [3.05, 3.63) is 176 Å². The van der Waals surface area contributed by atoms with Gasteiger partial charge in [0.1, 0.15) is 5.60 Å². The number of hydrogen-bond donors (Lipinski definition) is 0. The average molecular weight is 586 g/mol. The first-order valence-electron chi connectivity index (χ1n) is 14.8. The van der Waals surface area contributed by atoms with Gasteiger partial charge < -0.3 is 14.2 Å². The second-order valence-corrected chi connectivity index (χ2v) is 11.0. The molecule has 0 aromatic heterocycles. The lowest BCUT2D eigenvalue weighted by Gasteiger charge is -2.37. The van der Waals surface area contributed by atoms with Crippen LogP contribution in [0.25, 0.3) is 0 Å². The minimum absolute atomic E-state index is 0.135. The van der Waals surface area contributed by atoms with E-state index in [1.165, 1.54) is 0 Å². The molecule has 6 nitrogen and oxygen atoms in total. The lowest BCUT2D eigenvalue weighted by Crippen LogP contribution is -2.35. The van der Waals surface area contributed by atoms with E-state index in [1.807, 2.05) is 91.0 Å². The Hall–Kier alpha value is -4.94. The topological polar surface area (TPSA) is 70.8 Å². The zero-order valence-corrected chi connectivity index (χ0v) is 24.9. The maximum absolute atomic E-state index is 12.5. The highest BCUT2D eigenvalue weighted by Gasteiger charge is 2.42. The molecule has 0 radical (unpaired) electrons. The first-order valence-corrected chi connectivity index (χ1v) is 14.8. The maximum atomic E-state index is 12.5. The van der Waals surface area contributed by atoms with Gasteiger partial charge in [0.25, 0.3) is 0 Å². The quantitative estimate of drug-likeness (QED) is 0.0946. The molecule has 0 saturated carbocycles. The second-order valence-electron chi connectivity index (χ2n) is 11.0. The molecule has 5 aromatic rings. The largest absolute Gasteiger partial charge is 0.493 e. The molecule has 1 unspecified atom stereocenters. The zero-order valence-electron chi connectivity index (χ0n) is 24.9. The van der Waals surface area contributed by atoms with Crippen molar-refractivity contribution in [2.24, 2.45) is 0 Å². The van der Waals surface area contributed by atoms with Crippen LogP contribution in [0, 0.1) is 10.1 Å². The third kappa shape index (κ3) is 5.33. The predicted octanol–water partition coefficient (Wildman–Crippen LogP) is 7.94. The van der Waals surface area contributed by atoms with E-state index in [2.05, 4.69) is 36.4 Å². The van der Waals surface area contributed by atoms with Crippen molar-refractivity contribution in [3.63, 3.8) is 0 Å². The Kier molecular flexibility index (Phi) is 8.44. The van der Waals surface area contributed by atoms with Crippen LogP contribution in [0.5, 0.6) is 11.5 Å². The summed E-state index contributed by atoms with van der Waals surface area (Å²) in [7, 11) is 3.20. The summed E-state index contributed by atoms with van der Waals surface area (Å²) in [6.07, 6.45) is 1.02. The summed E-state index contributed by atoms with van der Waals surface area (Å²) in [6, 6.07) is 41.7. The Morgan fingerprint density at radius 1 is 0.705 bits per heavy atom. The number of fused-ring (bicyclic) bond motifs is 1. The van der Waals surface area contributed by atoms with Crippen LogP contribution >= 0.6 is 0 Å². The van der Waals surface area contributed by atoms with Gasteiger partial charge in [0, 0.05) is 11.3 Å². The molecule has 2 atom stereocenters. The minimum atomic E-state index is -0.916. The van der Waals surface area contributed by atoms with Crippen molar-refractivity contribution in [3.8, 4) is 11.5 Å². The van der Waals surface area contributed by atoms with Crippen LogP contribution in [-0.4, -0.2) is 25.2 Å². The molecular weight excluding hydrogens is 550 g/mol. The predicted molar refractivity (Wildman–Crippen MR) is 171 cm³/mol. The second kappa shape index (κ2) is 12.7. The zero-order chi connectivity index (χ0) is 30.5. The van der Waals surface area contributed by atoms with E-state index in [1.54, 1.807) is 14.2 Å². The SMILES string of the molecule is COc1cc2c(cc1OC)[C@@H](c1ccccc1COC(c1ccccc1)(c1ccccc1)c1ccccc1)C([N+](=O)[O-])CC2. The van der Waals surface area contributed by atoms with Crippen LogP contribution in [0.1, 0.15) is 51.3 Å². The van der Waals surface area contributed by atoms with Gasteiger partial charge in [0.15, 0.2) is 11.5 Å². The Morgan fingerprint density at radius 2 is 1.20 bits per heavy atom. The fraction of sp³-hybridized carbons (Fsp3) is 0.211. The minimum Gasteiger partial charge on any atom is -0.493 e. The number of methoxy groups -OCH3 is 2. The van der Waals surface area contributed by atoms with Gasteiger partial charge in [0.05, 0.1) is 26.7 Å². The first kappa shape index (κ1) is 29.1. The summed E-state index contributed by atoms with van der Waals surface area (Å²) >= 11 is 0. The highest BCUT2D eigenvalue weighted by Crippen LogP contribution is 2.45. The van der Waals surface area contributed by atoms with Crippen LogP contribution in [0.4, 0.5) is 0 Å². The molecule has 0 bridgehead atoms. The molecule has 0 saturated heterocycles. The summed E-state index contributed by atoms with van der Waals surface area (Å²) in [4.78, 5) is 12.4. The fourth-order valence-electron chi connectivity index (χ4n) is 6.65. The van der Waals surface area contributed by atoms with E-state index in [9.17, 15) is 10.1 Å². The van der Waals surface area contributed by atoms with Gasteiger partial charge in [-0.2, -0.15) is 0 Å². The third-order valence-electron chi connectivity index (χ3n) is 8.72. The first-order chi connectivity index (χ1) is 21.6. The van der Waals surface area contributed by atoms with E-state index in [0.717, 1.165) is 38.9 Å². The smallest absolute Gasteiger partial charge is 0.224 e. The van der Waals surface area contributed by atoms with Crippen LogP contribution < -0.4 is 9.47 Å². The van der Waals surface area contributed by atoms with Gasteiger partial charge in [-0.15, -0.1) is 0 Å². The average Bonchev–Trinajstić information content (AvgIpc) is 3.09. The molecule has 0 amide bonds. The molecule has 0 spiro atoms. The Labute approximate surface area is 258 Å². The number of ether oxygens (including phenoxy) is 3. The summed E-state index contributed by atoms with van der Waals surface area (Å²) in [5.74, 6) is 0.706. The van der Waals surface area contributed by atoms with E-state index in [0.29, 0.717) is 24.3 Å². The van der Waals surface area contributed by atoms with E-state index < -0.39 is 17.6 Å². The molecule has 6 rings (SSSR count). The van der Waals surface area contributed by atoms with E-state index in [-0.39, 0.29) is 11.5 Å². The monoisotopic (exact) mass is 585 g/mol. The highest BCUT2D eigenvalue weighted by molar-refractivity contribution is 5.54. The summed E-state index contributed by atoms with van der Waals surface area (Å²) in [5, 5.41) is 12.5. The number of nitrogens with zero attached hydrogens (tertiary/aromatic N) is 1. The lowest BCUT2D eigenvalue weighted by atomic mass is 9.74. The van der Waals surface area contributed by atoms with Gasteiger partial charge in [-0.3, -0.25) is 10.1 Å². The lowest BCUT2D eigenvalue weighted by molar-refractivity contribution is -0.526. The van der Waals surface area contributed by atoms with Crippen LogP contribution in [0.15, 0.2) is 127 Å². The van der Waals surface area contributed by atoms with Crippen molar-refractivity contribution in [2.45, 2.75) is 37.0 Å². The van der Waals surface area contributed by atoms with Gasteiger partial charge in [-0.05, 0) is 57.5 Å². The highest BCUT2D eigenvalue weighted by atomic mass is 16.6. The molecule has 1 aliphatic carbocycles. The van der Waals surface area contributed by atoms with E-state index in [4.69, 9.17) is 14.2 Å². The van der Waals surface area contributed by atoms with Crippen LogP contribution in [-0.2, 0) is 23.4 Å². The maximum Gasteiger partial charge on any atom is 0.224 e. The van der Waals surface area contributed by atoms with Gasteiger partial charge >= 0.3 is 0 Å². The molecule has 0 aliphatic heterocycles. The van der Waals surface area contributed by atoms with E-state index >= 15 is 0 Å². The molecular formula is C38H35NO5. The summed E-state index contributed by atoms with van der Waals surface area (Å²) in [6.45, 7) is 0.235. The Morgan fingerprint density at radius 3 is 1.73 bits per heavy atom. The van der Waals surface area contributed by atoms with Gasteiger partial charge in [-0.1, -0.05) is 115 Å². The molecule has 0 heterocycles. The van der Waals surface area contributed by atoms with Crippen molar-refractivity contribution in [2.75, 3.05) is 14.2 Å². The molecule has 0 fully saturated rings. The van der Waals surface area contributed by atoms with Crippen LogP contribution in [0.3, 0.4) is 0 Å². The normalized spacial score (nSPS) is 16.1. The summed E-state index contributed by atoms with van der Waals surface area (Å²) in [5.41, 5.74) is 5.79. The summed E-state index contributed by atoms with van der Waals surface area (Å²) < 4.78 is 18.4. The van der Waals surface area contributed by atoms with Crippen molar-refractivity contribution >= 4 is 0 Å². The molecule has 44 heavy (non-hydrogen) atoms. The standard InChI is InChI=1S/C38H35NO5/c1-42-35-24-27-22-23-34(39(40)41)37(33(27)25-36(35)43-2)32-21-13-12-14-28(32)26-44-38(29-15-6-3-7-16-29,30-17-8-4-9-18-30)31-19-10-5-11-20-31/h3-21,24-25,34,37H,22-23,26H2,1-2H3/t34?,37-/m1/s1.